The molecule has 0 unspecified atom stereocenters. The molecule has 2 aliphatic rings. The minimum Gasteiger partial charge on any atom is -0.372 e. The van der Waals surface area contributed by atoms with Crippen molar-refractivity contribution in [3.05, 3.63) is 53.9 Å². The fourth-order valence-corrected chi connectivity index (χ4v) is 4.18. The molecule has 0 aliphatic carbocycles. The van der Waals surface area contributed by atoms with Gasteiger partial charge in [-0.25, -0.2) is 0 Å². The number of hydrogen-bond donors (Lipinski definition) is 0. The van der Waals surface area contributed by atoms with Gasteiger partial charge >= 0.3 is 0 Å². The van der Waals surface area contributed by atoms with E-state index in [1.165, 1.54) is 0 Å². The second kappa shape index (κ2) is 6.74. The van der Waals surface area contributed by atoms with Crippen molar-refractivity contribution in [3.8, 4) is 0 Å². The molecule has 1 amide bonds. The second-order valence-corrected chi connectivity index (χ2v) is 7.12. The van der Waals surface area contributed by atoms with Gasteiger partial charge in [-0.1, -0.05) is 24.3 Å². The lowest BCUT2D eigenvalue weighted by molar-refractivity contribution is -0.131. The Bertz CT molecular complexity index is 994. The number of benzene rings is 1. The summed E-state index contributed by atoms with van der Waals surface area (Å²) >= 11 is 0. The largest absolute Gasteiger partial charge is 0.372 e. The summed E-state index contributed by atoms with van der Waals surface area (Å²) in [4.78, 5) is 19.4. The summed E-state index contributed by atoms with van der Waals surface area (Å²) in [6.07, 6.45) is 5.92. The molecule has 0 radical (unpaired) electrons. The van der Waals surface area contributed by atoms with Crippen molar-refractivity contribution in [2.24, 2.45) is 0 Å². The number of likely N-dealkylation sites (tertiary alicyclic amines) is 1. The van der Waals surface area contributed by atoms with Crippen LogP contribution in [0.2, 0.25) is 0 Å². The summed E-state index contributed by atoms with van der Waals surface area (Å²) < 4.78 is 7.58. The number of pyridine rings is 1. The van der Waals surface area contributed by atoms with Crippen molar-refractivity contribution >= 4 is 16.7 Å². The van der Waals surface area contributed by atoms with Crippen molar-refractivity contribution in [1.82, 2.24) is 24.6 Å². The molecule has 5 rings (SSSR count). The minimum atomic E-state index is -0.000199. The Labute approximate surface area is 157 Å². The number of aromatic nitrogens is 4. The predicted molar refractivity (Wildman–Crippen MR) is 98.8 cm³/mol. The molecule has 138 valence electrons. The van der Waals surface area contributed by atoms with E-state index in [1.807, 2.05) is 35.5 Å². The van der Waals surface area contributed by atoms with Gasteiger partial charge in [-0.15, -0.1) is 10.2 Å². The lowest BCUT2D eigenvalue weighted by Crippen LogP contribution is -2.34. The molecule has 1 saturated heterocycles. The van der Waals surface area contributed by atoms with E-state index in [0.717, 1.165) is 53.9 Å². The summed E-state index contributed by atoms with van der Waals surface area (Å²) in [5.74, 6) is 1.88. The number of fused-ring (bicyclic) bond motifs is 2. The Morgan fingerprint density at radius 2 is 2.11 bits per heavy atom. The summed E-state index contributed by atoms with van der Waals surface area (Å²) in [5.41, 5.74) is 0.973. The fraction of sp³-hybridized carbons (Fsp3) is 0.400. The van der Waals surface area contributed by atoms with E-state index in [0.29, 0.717) is 19.6 Å². The zero-order valence-corrected chi connectivity index (χ0v) is 15.0. The van der Waals surface area contributed by atoms with E-state index in [4.69, 9.17) is 4.74 Å². The number of hydrogen-bond acceptors (Lipinski definition) is 5. The van der Waals surface area contributed by atoms with Gasteiger partial charge in [0.2, 0.25) is 5.91 Å². The molecule has 2 aliphatic heterocycles. The SMILES string of the molecule is O=C(Cc1cncc2ccccc12)N1CCC[C@H]1c1nnc2n1CCOC2. The summed E-state index contributed by atoms with van der Waals surface area (Å²) in [5, 5.41) is 10.8. The smallest absolute Gasteiger partial charge is 0.227 e. The van der Waals surface area contributed by atoms with Crippen LogP contribution in [0.3, 0.4) is 0 Å². The molecule has 0 spiro atoms. The molecule has 7 nitrogen and oxygen atoms in total. The first-order valence-corrected chi connectivity index (χ1v) is 9.42. The number of rotatable bonds is 3. The molecule has 1 aromatic carbocycles. The molecule has 7 heteroatoms. The van der Waals surface area contributed by atoms with Gasteiger partial charge in [0.25, 0.3) is 0 Å². The van der Waals surface area contributed by atoms with Crippen LogP contribution >= 0.6 is 0 Å². The van der Waals surface area contributed by atoms with Crippen LogP contribution in [0.15, 0.2) is 36.7 Å². The van der Waals surface area contributed by atoms with E-state index in [9.17, 15) is 4.79 Å². The maximum Gasteiger partial charge on any atom is 0.227 e. The first-order valence-electron chi connectivity index (χ1n) is 9.42. The van der Waals surface area contributed by atoms with Crippen LogP contribution in [-0.2, 0) is 29.1 Å². The highest BCUT2D eigenvalue weighted by molar-refractivity contribution is 5.89. The average molecular weight is 363 g/mol. The van der Waals surface area contributed by atoms with Crippen molar-refractivity contribution in [2.45, 2.75) is 38.5 Å². The Hall–Kier alpha value is -2.80. The first-order chi connectivity index (χ1) is 13.3. The molecule has 0 N–H and O–H groups in total. The molecule has 1 atom stereocenters. The highest BCUT2D eigenvalue weighted by Crippen LogP contribution is 2.32. The quantitative estimate of drug-likeness (QED) is 0.714. The van der Waals surface area contributed by atoms with Crippen LogP contribution in [0, 0.1) is 0 Å². The standard InChI is InChI=1S/C20H21N5O2/c26-19(10-15-12-21-11-14-4-1-2-5-16(14)15)24-7-3-6-17(24)20-23-22-18-13-27-9-8-25(18)20/h1-2,4-5,11-12,17H,3,6-10,13H2/t17-/m0/s1. The van der Waals surface area contributed by atoms with Crippen molar-refractivity contribution in [2.75, 3.05) is 13.2 Å². The maximum atomic E-state index is 13.1. The highest BCUT2D eigenvalue weighted by atomic mass is 16.5. The topological polar surface area (TPSA) is 73.1 Å². The van der Waals surface area contributed by atoms with Gasteiger partial charge in [-0.3, -0.25) is 9.78 Å². The van der Waals surface area contributed by atoms with E-state index in [1.54, 1.807) is 0 Å². The number of carbonyl (C=O) groups is 1. The van der Waals surface area contributed by atoms with Gasteiger partial charge in [-0.2, -0.15) is 0 Å². The second-order valence-electron chi connectivity index (χ2n) is 7.12. The van der Waals surface area contributed by atoms with Gasteiger partial charge < -0.3 is 14.2 Å². The third kappa shape index (κ3) is 2.88. The molecule has 0 saturated carbocycles. The van der Waals surface area contributed by atoms with Crippen molar-refractivity contribution < 1.29 is 9.53 Å². The zero-order valence-electron chi connectivity index (χ0n) is 15.0. The van der Waals surface area contributed by atoms with Crippen molar-refractivity contribution in [3.63, 3.8) is 0 Å². The Morgan fingerprint density at radius 1 is 1.19 bits per heavy atom. The van der Waals surface area contributed by atoms with Gasteiger partial charge in [0.1, 0.15) is 6.61 Å². The third-order valence-corrected chi connectivity index (χ3v) is 5.51. The first kappa shape index (κ1) is 16.4. The minimum absolute atomic E-state index is 0.000199. The van der Waals surface area contributed by atoms with Crippen LogP contribution in [0.25, 0.3) is 10.8 Å². The number of nitrogens with zero attached hydrogens (tertiary/aromatic N) is 5. The van der Waals surface area contributed by atoms with Gasteiger partial charge in [0, 0.05) is 30.9 Å². The number of carbonyl (C=O) groups excluding carboxylic acids is 1. The molecule has 3 aromatic rings. The zero-order chi connectivity index (χ0) is 18.2. The fourth-order valence-electron chi connectivity index (χ4n) is 4.18. The number of amides is 1. The number of ether oxygens (including phenoxy) is 1. The molecule has 2 aromatic heterocycles. The van der Waals surface area contributed by atoms with E-state index in [-0.39, 0.29) is 11.9 Å². The van der Waals surface area contributed by atoms with Crippen molar-refractivity contribution in [1.29, 1.82) is 0 Å². The summed E-state index contributed by atoms with van der Waals surface area (Å²) in [6.45, 7) is 2.68. The Kier molecular flexibility index (Phi) is 4.09. The molecule has 27 heavy (non-hydrogen) atoms. The van der Waals surface area contributed by atoms with Crippen LogP contribution in [0.5, 0.6) is 0 Å². The normalized spacial score (nSPS) is 19.4. The van der Waals surface area contributed by atoms with Crippen LogP contribution in [0.4, 0.5) is 0 Å². The molecular weight excluding hydrogens is 342 g/mol. The maximum absolute atomic E-state index is 13.1. The third-order valence-electron chi connectivity index (χ3n) is 5.51. The van der Waals surface area contributed by atoms with Gasteiger partial charge in [0.15, 0.2) is 11.6 Å². The lowest BCUT2D eigenvalue weighted by atomic mass is 10.0. The van der Waals surface area contributed by atoms with E-state index >= 15 is 0 Å². The Balaban J connectivity index is 1.42. The summed E-state index contributed by atoms with van der Waals surface area (Å²) in [7, 11) is 0. The van der Waals surface area contributed by atoms with Gasteiger partial charge in [-0.05, 0) is 23.8 Å². The van der Waals surface area contributed by atoms with Crippen LogP contribution < -0.4 is 0 Å². The lowest BCUT2D eigenvalue weighted by Gasteiger charge is -2.26. The van der Waals surface area contributed by atoms with Crippen LogP contribution in [-0.4, -0.2) is 43.7 Å². The Morgan fingerprint density at radius 3 is 3.07 bits per heavy atom. The summed E-state index contributed by atoms with van der Waals surface area (Å²) in [6, 6.07) is 8.07. The monoisotopic (exact) mass is 363 g/mol. The van der Waals surface area contributed by atoms with E-state index < -0.39 is 0 Å². The molecule has 4 heterocycles. The van der Waals surface area contributed by atoms with Crippen LogP contribution in [0.1, 0.15) is 36.1 Å². The van der Waals surface area contributed by atoms with Gasteiger partial charge in [0.05, 0.1) is 19.1 Å². The molecule has 1 fully saturated rings. The van der Waals surface area contributed by atoms with E-state index in [2.05, 4.69) is 25.8 Å². The predicted octanol–water partition coefficient (Wildman–Crippen LogP) is 2.26. The highest BCUT2D eigenvalue weighted by Gasteiger charge is 2.34. The molecular formula is C20H21N5O2. The average Bonchev–Trinajstić information content (AvgIpc) is 3.35. The molecule has 0 bridgehead atoms.